The van der Waals surface area contributed by atoms with Crippen molar-refractivity contribution in [1.82, 2.24) is 4.98 Å². The predicted molar refractivity (Wildman–Crippen MR) is 92.0 cm³/mol. The Kier molecular flexibility index (Phi) is 4.69. The molecule has 0 saturated heterocycles. The second-order valence-corrected chi connectivity index (χ2v) is 5.37. The van der Waals surface area contributed by atoms with E-state index in [2.05, 4.69) is 4.98 Å². The number of carbonyl (C=O) groups is 1. The average molecular weight is 324 g/mol. The first kappa shape index (κ1) is 15.3. The highest BCUT2D eigenvalue weighted by atomic mass is 35.5. The molecule has 0 N–H and O–H groups in total. The minimum absolute atomic E-state index is 0.147. The first-order chi connectivity index (χ1) is 11.2. The lowest BCUT2D eigenvalue weighted by molar-refractivity contribution is -0.138. The van der Waals surface area contributed by atoms with Gasteiger partial charge in [0.1, 0.15) is 6.61 Å². The third-order valence-corrected chi connectivity index (χ3v) is 3.71. The standard InChI is InChI=1S/C19H14ClNO2/c20-17-7-3-1-6-15(17)13-23-19(22)12-11-16-10-9-14-5-2-4-8-18(14)21-16/h1-12H,13H2/b12-11+. The van der Waals surface area contributed by atoms with Crippen LogP contribution in [0.1, 0.15) is 11.3 Å². The molecular weight excluding hydrogens is 310 g/mol. The molecule has 0 fully saturated rings. The molecule has 3 aromatic rings. The Hall–Kier alpha value is -2.65. The Morgan fingerprint density at radius 1 is 1.04 bits per heavy atom. The lowest BCUT2D eigenvalue weighted by Gasteiger charge is -2.04. The summed E-state index contributed by atoms with van der Waals surface area (Å²) in [5.41, 5.74) is 2.37. The highest BCUT2D eigenvalue weighted by Gasteiger charge is 2.03. The van der Waals surface area contributed by atoms with Crippen LogP contribution >= 0.6 is 11.6 Å². The zero-order chi connectivity index (χ0) is 16.1. The first-order valence-corrected chi connectivity index (χ1v) is 7.54. The molecule has 0 aliphatic carbocycles. The Bertz CT molecular complexity index is 874. The van der Waals surface area contributed by atoms with E-state index in [-0.39, 0.29) is 6.61 Å². The number of hydrogen-bond donors (Lipinski definition) is 0. The summed E-state index contributed by atoms with van der Waals surface area (Å²) in [5, 5.41) is 1.64. The van der Waals surface area contributed by atoms with Gasteiger partial charge >= 0.3 is 5.97 Å². The minimum Gasteiger partial charge on any atom is -0.458 e. The van der Waals surface area contributed by atoms with E-state index in [4.69, 9.17) is 16.3 Å². The van der Waals surface area contributed by atoms with Gasteiger partial charge in [-0.2, -0.15) is 0 Å². The van der Waals surface area contributed by atoms with E-state index in [1.807, 2.05) is 54.6 Å². The normalized spacial score (nSPS) is 11.0. The van der Waals surface area contributed by atoms with Gasteiger partial charge in [-0.15, -0.1) is 0 Å². The van der Waals surface area contributed by atoms with Crippen molar-refractivity contribution in [3.05, 3.63) is 83.0 Å². The Labute approximate surface area is 139 Å². The molecule has 3 rings (SSSR count). The monoisotopic (exact) mass is 323 g/mol. The SMILES string of the molecule is O=C(/C=C/c1ccc2ccccc2n1)OCc1ccccc1Cl. The Morgan fingerprint density at radius 3 is 2.70 bits per heavy atom. The average Bonchev–Trinajstić information content (AvgIpc) is 2.59. The van der Waals surface area contributed by atoms with Gasteiger partial charge in [0, 0.05) is 22.0 Å². The molecule has 0 atom stereocenters. The van der Waals surface area contributed by atoms with Crippen molar-refractivity contribution in [2.45, 2.75) is 6.61 Å². The largest absolute Gasteiger partial charge is 0.458 e. The van der Waals surface area contributed by atoms with Crippen LogP contribution in [-0.4, -0.2) is 11.0 Å². The molecular formula is C19H14ClNO2. The van der Waals surface area contributed by atoms with Gasteiger partial charge in [0.25, 0.3) is 0 Å². The summed E-state index contributed by atoms with van der Waals surface area (Å²) in [5.74, 6) is -0.431. The van der Waals surface area contributed by atoms with Crippen LogP contribution in [0.3, 0.4) is 0 Å². The molecule has 0 saturated carbocycles. The fraction of sp³-hybridized carbons (Fsp3) is 0.0526. The van der Waals surface area contributed by atoms with Crippen LogP contribution in [0, 0.1) is 0 Å². The van der Waals surface area contributed by atoms with Gasteiger partial charge in [0.05, 0.1) is 11.2 Å². The molecule has 1 heterocycles. The lowest BCUT2D eigenvalue weighted by Crippen LogP contribution is -2.01. The van der Waals surface area contributed by atoms with Crippen LogP contribution in [-0.2, 0) is 16.1 Å². The van der Waals surface area contributed by atoms with Crippen molar-refractivity contribution in [2.24, 2.45) is 0 Å². The zero-order valence-corrected chi connectivity index (χ0v) is 13.0. The molecule has 0 bridgehead atoms. The fourth-order valence-corrected chi connectivity index (χ4v) is 2.33. The van der Waals surface area contributed by atoms with Crippen molar-refractivity contribution < 1.29 is 9.53 Å². The molecule has 0 radical (unpaired) electrons. The number of fused-ring (bicyclic) bond motifs is 1. The molecule has 0 unspecified atom stereocenters. The van der Waals surface area contributed by atoms with Gasteiger partial charge in [0.15, 0.2) is 0 Å². The Balaban J connectivity index is 1.64. The van der Waals surface area contributed by atoms with Crippen LogP contribution in [0.4, 0.5) is 0 Å². The second kappa shape index (κ2) is 7.07. The van der Waals surface area contributed by atoms with Crippen molar-refractivity contribution in [1.29, 1.82) is 0 Å². The summed E-state index contributed by atoms with van der Waals surface area (Å²) in [4.78, 5) is 16.2. The van der Waals surface area contributed by atoms with Crippen molar-refractivity contribution in [2.75, 3.05) is 0 Å². The van der Waals surface area contributed by atoms with E-state index in [9.17, 15) is 4.79 Å². The molecule has 0 aliphatic heterocycles. The first-order valence-electron chi connectivity index (χ1n) is 7.16. The molecule has 3 nitrogen and oxygen atoms in total. The maximum absolute atomic E-state index is 11.8. The smallest absolute Gasteiger partial charge is 0.331 e. The lowest BCUT2D eigenvalue weighted by atomic mass is 10.2. The number of carbonyl (C=O) groups excluding carboxylic acids is 1. The molecule has 23 heavy (non-hydrogen) atoms. The molecule has 0 aliphatic rings. The van der Waals surface area contributed by atoms with E-state index in [0.717, 1.165) is 16.5 Å². The summed E-state index contributed by atoms with van der Waals surface area (Å²) in [6, 6.07) is 18.9. The number of halogens is 1. The van der Waals surface area contributed by atoms with Crippen molar-refractivity contribution in [3.63, 3.8) is 0 Å². The summed E-state index contributed by atoms with van der Waals surface area (Å²) in [7, 11) is 0. The number of rotatable bonds is 4. The van der Waals surface area contributed by atoms with Crippen molar-refractivity contribution >= 4 is 34.5 Å². The summed E-state index contributed by atoms with van der Waals surface area (Å²) in [6.07, 6.45) is 3.01. The summed E-state index contributed by atoms with van der Waals surface area (Å²) >= 11 is 6.02. The quantitative estimate of drug-likeness (QED) is 0.518. The maximum atomic E-state index is 11.8. The molecule has 2 aromatic carbocycles. The van der Waals surface area contributed by atoms with Gasteiger partial charge in [0.2, 0.25) is 0 Å². The third-order valence-electron chi connectivity index (χ3n) is 3.34. The highest BCUT2D eigenvalue weighted by molar-refractivity contribution is 6.31. The number of pyridine rings is 1. The highest BCUT2D eigenvalue weighted by Crippen LogP contribution is 2.16. The van der Waals surface area contributed by atoms with Crippen LogP contribution in [0.25, 0.3) is 17.0 Å². The molecule has 0 amide bonds. The van der Waals surface area contributed by atoms with Gasteiger partial charge < -0.3 is 4.74 Å². The number of aromatic nitrogens is 1. The van der Waals surface area contributed by atoms with Crippen LogP contribution < -0.4 is 0 Å². The van der Waals surface area contributed by atoms with E-state index in [1.54, 1.807) is 12.1 Å². The number of esters is 1. The van der Waals surface area contributed by atoms with Gasteiger partial charge in [-0.3, -0.25) is 0 Å². The van der Waals surface area contributed by atoms with E-state index >= 15 is 0 Å². The number of benzene rings is 2. The molecule has 4 heteroatoms. The van der Waals surface area contributed by atoms with Gasteiger partial charge in [-0.25, -0.2) is 9.78 Å². The van der Waals surface area contributed by atoms with Crippen LogP contribution in [0.15, 0.2) is 66.7 Å². The topological polar surface area (TPSA) is 39.2 Å². The minimum atomic E-state index is -0.431. The second-order valence-electron chi connectivity index (χ2n) is 4.96. The number of hydrogen-bond acceptors (Lipinski definition) is 3. The number of ether oxygens (including phenoxy) is 1. The number of para-hydroxylation sites is 1. The van der Waals surface area contributed by atoms with Gasteiger partial charge in [-0.1, -0.05) is 54.1 Å². The van der Waals surface area contributed by atoms with Crippen LogP contribution in [0.5, 0.6) is 0 Å². The Morgan fingerprint density at radius 2 is 1.83 bits per heavy atom. The molecule has 1 aromatic heterocycles. The van der Waals surface area contributed by atoms with Gasteiger partial charge in [-0.05, 0) is 24.3 Å². The predicted octanol–water partition coefficient (Wildman–Crippen LogP) is 4.64. The summed E-state index contributed by atoms with van der Waals surface area (Å²) in [6.45, 7) is 0.147. The summed E-state index contributed by atoms with van der Waals surface area (Å²) < 4.78 is 5.18. The van der Waals surface area contributed by atoms with E-state index < -0.39 is 5.97 Å². The third kappa shape index (κ3) is 3.96. The fourth-order valence-electron chi connectivity index (χ4n) is 2.14. The number of nitrogens with zero attached hydrogens (tertiary/aromatic N) is 1. The zero-order valence-electron chi connectivity index (χ0n) is 12.3. The maximum Gasteiger partial charge on any atom is 0.331 e. The van der Waals surface area contributed by atoms with E-state index in [1.165, 1.54) is 6.08 Å². The molecule has 0 spiro atoms. The molecule has 114 valence electrons. The van der Waals surface area contributed by atoms with Crippen LogP contribution in [0.2, 0.25) is 5.02 Å². The van der Waals surface area contributed by atoms with Crippen molar-refractivity contribution in [3.8, 4) is 0 Å². The van der Waals surface area contributed by atoms with E-state index in [0.29, 0.717) is 10.7 Å².